The van der Waals surface area contributed by atoms with Gasteiger partial charge in [-0.1, -0.05) is 0 Å². The highest BCUT2D eigenvalue weighted by Gasteiger charge is 2.45. The van der Waals surface area contributed by atoms with Gasteiger partial charge >= 0.3 is 6.03 Å². The molecule has 1 unspecified atom stereocenters. The minimum atomic E-state index is -3.08. The van der Waals surface area contributed by atoms with Gasteiger partial charge in [-0.15, -0.1) is 0 Å². The molecule has 2 N–H and O–H groups in total. The normalized spacial score (nSPS) is 21.7. The smallest absolute Gasteiger partial charge is 0.328 e. The number of imide groups is 1. The number of nitrogens with zero attached hydrogens (tertiary/aromatic N) is 2. The van der Waals surface area contributed by atoms with Crippen molar-refractivity contribution in [3.05, 3.63) is 23.8 Å². The number of likely N-dealkylation sites (tertiary alicyclic amines) is 1. The summed E-state index contributed by atoms with van der Waals surface area (Å²) < 4.78 is 33.9. The summed E-state index contributed by atoms with van der Waals surface area (Å²) in [7, 11) is 1.40. The van der Waals surface area contributed by atoms with Gasteiger partial charge in [0.25, 0.3) is 11.8 Å². The summed E-state index contributed by atoms with van der Waals surface area (Å²) in [5.41, 5.74) is 0.423. The molecule has 2 aliphatic rings. The number of urea groups is 1. The maximum Gasteiger partial charge on any atom is 0.328 e. The van der Waals surface area contributed by atoms with Gasteiger partial charge in [0.2, 0.25) is 5.91 Å². The summed E-state index contributed by atoms with van der Waals surface area (Å²) in [4.78, 5) is 38.8. The lowest BCUT2D eigenvalue weighted by Gasteiger charge is -2.38. The minimum absolute atomic E-state index is 0.00942. The molecule has 0 radical (unpaired) electrons. The summed E-state index contributed by atoms with van der Waals surface area (Å²) in [6.07, 6.45) is 0.182. The van der Waals surface area contributed by atoms with Crippen molar-refractivity contribution in [2.75, 3.05) is 38.3 Å². The second kappa shape index (κ2) is 8.32. The molecule has 8 nitrogen and oxygen atoms in total. The van der Waals surface area contributed by atoms with Crippen LogP contribution in [0.25, 0.3) is 0 Å². The number of halogens is 2. The summed E-state index contributed by atoms with van der Waals surface area (Å²) in [5.74, 6) is -4.70. The molecule has 1 aromatic rings. The predicted octanol–water partition coefficient (Wildman–Crippen LogP) is 1.62. The Balaban J connectivity index is 1.83. The first-order valence-corrected chi connectivity index (χ1v) is 9.34. The van der Waals surface area contributed by atoms with Gasteiger partial charge in [-0.25, -0.2) is 13.6 Å². The zero-order chi connectivity index (χ0) is 21.2. The Hall–Kier alpha value is -2.75. The van der Waals surface area contributed by atoms with Crippen LogP contribution in [-0.4, -0.2) is 67.1 Å². The SMILES string of the molecule is COc1ccc(C(=O)N2CCC(CCO)C(F)(F)C2)cc1N1CCC(=O)NC1=O. The van der Waals surface area contributed by atoms with Crippen molar-refractivity contribution in [3.63, 3.8) is 0 Å². The number of benzene rings is 1. The van der Waals surface area contributed by atoms with Gasteiger partial charge in [0, 0.05) is 37.6 Å². The van der Waals surface area contributed by atoms with E-state index in [-0.39, 0.29) is 50.2 Å². The van der Waals surface area contributed by atoms with E-state index in [9.17, 15) is 23.2 Å². The monoisotopic (exact) mass is 411 g/mol. The number of aliphatic hydroxyl groups is 1. The summed E-state index contributed by atoms with van der Waals surface area (Å²) in [5, 5.41) is 11.2. The first-order chi connectivity index (χ1) is 13.8. The molecule has 158 valence electrons. The summed E-state index contributed by atoms with van der Waals surface area (Å²) in [6, 6.07) is 3.72. The van der Waals surface area contributed by atoms with Crippen LogP contribution in [0, 0.1) is 5.92 Å². The number of ether oxygens (including phenoxy) is 1. The average Bonchev–Trinajstić information content (AvgIpc) is 2.68. The van der Waals surface area contributed by atoms with Crippen LogP contribution in [-0.2, 0) is 4.79 Å². The Bertz CT molecular complexity index is 817. The molecule has 2 heterocycles. The Morgan fingerprint density at radius 1 is 1.34 bits per heavy atom. The lowest BCUT2D eigenvalue weighted by molar-refractivity contribution is -0.120. The molecular formula is C19H23F2N3O5. The maximum absolute atomic E-state index is 14.3. The Labute approximate surface area is 166 Å². The molecule has 2 saturated heterocycles. The molecule has 3 rings (SSSR count). The average molecular weight is 411 g/mol. The molecule has 0 aromatic heterocycles. The number of rotatable bonds is 5. The Morgan fingerprint density at radius 2 is 2.10 bits per heavy atom. The van der Waals surface area contributed by atoms with Crippen LogP contribution >= 0.6 is 0 Å². The number of amides is 4. The maximum atomic E-state index is 14.3. The summed E-state index contributed by atoms with van der Waals surface area (Å²) >= 11 is 0. The highest BCUT2D eigenvalue weighted by Crippen LogP contribution is 2.36. The third-order valence-electron chi connectivity index (χ3n) is 5.28. The molecule has 0 saturated carbocycles. The molecular weight excluding hydrogens is 388 g/mol. The van der Waals surface area contributed by atoms with Gasteiger partial charge in [-0.2, -0.15) is 0 Å². The fourth-order valence-electron chi connectivity index (χ4n) is 3.68. The van der Waals surface area contributed by atoms with Crippen molar-refractivity contribution >= 4 is 23.5 Å². The van der Waals surface area contributed by atoms with E-state index in [1.807, 2.05) is 0 Å². The molecule has 4 amide bonds. The molecule has 10 heteroatoms. The van der Waals surface area contributed by atoms with Gasteiger partial charge in [0.1, 0.15) is 5.75 Å². The van der Waals surface area contributed by atoms with Gasteiger partial charge < -0.3 is 14.7 Å². The summed E-state index contributed by atoms with van der Waals surface area (Å²) in [6.45, 7) is -0.782. The Morgan fingerprint density at radius 3 is 2.72 bits per heavy atom. The number of alkyl halides is 2. The highest BCUT2D eigenvalue weighted by molar-refractivity contribution is 6.07. The fourth-order valence-corrected chi connectivity index (χ4v) is 3.68. The number of methoxy groups -OCH3 is 1. The molecule has 1 atom stereocenters. The van der Waals surface area contributed by atoms with Crippen molar-refractivity contribution in [3.8, 4) is 5.75 Å². The van der Waals surface area contributed by atoms with Crippen molar-refractivity contribution < 1.29 is 33.0 Å². The molecule has 0 spiro atoms. The van der Waals surface area contributed by atoms with Gasteiger partial charge in [-0.3, -0.25) is 19.8 Å². The van der Waals surface area contributed by atoms with Crippen molar-refractivity contribution in [1.29, 1.82) is 0 Å². The first-order valence-electron chi connectivity index (χ1n) is 9.34. The van der Waals surface area contributed by atoms with Crippen LogP contribution in [0.15, 0.2) is 18.2 Å². The van der Waals surface area contributed by atoms with Crippen LogP contribution in [0.3, 0.4) is 0 Å². The number of hydrogen-bond acceptors (Lipinski definition) is 5. The first kappa shape index (κ1) is 21.0. The van der Waals surface area contributed by atoms with Crippen LogP contribution in [0.4, 0.5) is 19.3 Å². The van der Waals surface area contributed by atoms with Gasteiger partial charge in [0.05, 0.1) is 19.3 Å². The van der Waals surface area contributed by atoms with Gasteiger partial charge in [0.15, 0.2) is 0 Å². The van der Waals surface area contributed by atoms with E-state index >= 15 is 0 Å². The number of carbonyl (C=O) groups excluding carboxylic acids is 3. The largest absolute Gasteiger partial charge is 0.495 e. The van der Waals surface area contributed by atoms with Crippen molar-refractivity contribution in [2.45, 2.75) is 25.2 Å². The number of anilines is 1. The molecule has 0 aliphatic carbocycles. The van der Waals surface area contributed by atoms with E-state index in [1.54, 1.807) is 0 Å². The number of piperidine rings is 1. The van der Waals surface area contributed by atoms with Crippen LogP contribution in [0.1, 0.15) is 29.6 Å². The van der Waals surface area contributed by atoms with E-state index in [4.69, 9.17) is 9.84 Å². The number of hydrogen-bond donors (Lipinski definition) is 2. The quantitative estimate of drug-likeness (QED) is 0.767. The number of aliphatic hydroxyl groups excluding tert-OH is 1. The van der Waals surface area contributed by atoms with E-state index < -0.39 is 36.2 Å². The Kier molecular flexibility index (Phi) is 6.02. The molecule has 2 fully saturated rings. The van der Waals surface area contributed by atoms with Crippen LogP contribution in [0.2, 0.25) is 0 Å². The standard InChI is InChI=1S/C19H23F2N3O5/c1-29-15-3-2-12(10-14(15)24-8-5-16(26)22-18(24)28)17(27)23-7-4-13(6-9-25)19(20,21)11-23/h2-3,10,13,25H,4-9,11H2,1H3,(H,22,26,28). The highest BCUT2D eigenvalue weighted by atomic mass is 19.3. The molecule has 2 aliphatic heterocycles. The lowest BCUT2D eigenvalue weighted by Crippen LogP contribution is -2.51. The molecule has 29 heavy (non-hydrogen) atoms. The zero-order valence-electron chi connectivity index (χ0n) is 16.0. The third-order valence-corrected chi connectivity index (χ3v) is 5.28. The van der Waals surface area contributed by atoms with Crippen LogP contribution in [0.5, 0.6) is 5.75 Å². The van der Waals surface area contributed by atoms with E-state index in [2.05, 4.69) is 5.32 Å². The second-order valence-corrected chi connectivity index (χ2v) is 7.13. The van der Waals surface area contributed by atoms with Crippen molar-refractivity contribution in [1.82, 2.24) is 10.2 Å². The van der Waals surface area contributed by atoms with E-state index in [0.29, 0.717) is 5.75 Å². The van der Waals surface area contributed by atoms with Crippen LogP contribution < -0.4 is 15.0 Å². The van der Waals surface area contributed by atoms with E-state index in [0.717, 1.165) is 4.90 Å². The molecule has 0 bridgehead atoms. The third kappa shape index (κ3) is 4.31. The second-order valence-electron chi connectivity index (χ2n) is 7.13. The lowest BCUT2D eigenvalue weighted by atomic mass is 9.90. The number of nitrogens with one attached hydrogen (secondary N) is 1. The zero-order valence-corrected chi connectivity index (χ0v) is 16.0. The predicted molar refractivity (Wildman–Crippen MR) is 99.2 cm³/mol. The molecule has 1 aromatic carbocycles. The van der Waals surface area contributed by atoms with Gasteiger partial charge in [-0.05, 0) is 31.0 Å². The number of carbonyl (C=O) groups is 3. The van der Waals surface area contributed by atoms with Crippen molar-refractivity contribution in [2.24, 2.45) is 5.92 Å². The fraction of sp³-hybridized carbons (Fsp3) is 0.526. The minimum Gasteiger partial charge on any atom is -0.495 e. The van der Waals surface area contributed by atoms with E-state index in [1.165, 1.54) is 30.2 Å². The topological polar surface area (TPSA) is 99.2 Å².